The maximum atomic E-state index is 11.0. The predicted octanol–water partition coefficient (Wildman–Crippen LogP) is 3.39. The van der Waals surface area contributed by atoms with Gasteiger partial charge in [0.15, 0.2) is 6.29 Å². The second kappa shape index (κ2) is 4.71. The number of hydrogen-bond acceptors (Lipinski definition) is 1. The van der Waals surface area contributed by atoms with E-state index in [-0.39, 0.29) is 0 Å². The summed E-state index contributed by atoms with van der Waals surface area (Å²) in [6.07, 6.45) is 3.74. The summed E-state index contributed by atoms with van der Waals surface area (Å²) in [6, 6.07) is 6.18. The van der Waals surface area contributed by atoms with Gasteiger partial charge >= 0.3 is 0 Å². The predicted molar refractivity (Wildman–Crippen MR) is 67.4 cm³/mol. The van der Waals surface area contributed by atoms with Crippen LogP contribution in [0.3, 0.4) is 0 Å². The molecule has 0 amide bonds. The Morgan fingerprint density at radius 3 is 2.94 bits per heavy atom. The zero-order valence-electron chi connectivity index (χ0n) is 9.24. The number of aldehydes is 1. The Morgan fingerprint density at radius 1 is 1.44 bits per heavy atom. The summed E-state index contributed by atoms with van der Waals surface area (Å²) in [7, 11) is 0. The first-order chi connectivity index (χ1) is 7.76. The lowest BCUT2D eigenvalue weighted by Gasteiger charge is -2.03. The molecule has 0 spiro atoms. The third kappa shape index (κ3) is 1.98. The van der Waals surface area contributed by atoms with Crippen molar-refractivity contribution in [3.8, 4) is 0 Å². The largest absolute Gasteiger partial charge is 0.347 e. The Morgan fingerprint density at radius 2 is 2.25 bits per heavy atom. The highest BCUT2D eigenvalue weighted by Gasteiger charge is 2.07. The summed E-state index contributed by atoms with van der Waals surface area (Å²) in [6.45, 7) is 2.89. The second-order valence-electron chi connectivity index (χ2n) is 3.96. The molecule has 0 unspecified atom stereocenters. The molecule has 0 bridgehead atoms. The summed E-state index contributed by atoms with van der Waals surface area (Å²) >= 11 is 5.69. The number of hydrogen-bond donors (Lipinski definition) is 0. The summed E-state index contributed by atoms with van der Waals surface area (Å²) in [5, 5.41) is 1.03. The molecular weight excluding hydrogens is 222 g/mol. The fourth-order valence-electron chi connectivity index (χ4n) is 1.95. The Balaban J connectivity index is 2.54. The molecular formula is C13H14ClNO. The van der Waals surface area contributed by atoms with E-state index in [9.17, 15) is 4.79 Å². The van der Waals surface area contributed by atoms with Gasteiger partial charge in [0.1, 0.15) is 0 Å². The summed E-state index contributed by atoms with van der Waals surface area (Å²) in [5.41, 5.74) is 3.04. The van der Waals surface area contributed by atoms with E-state index < -0.39 is 0 Å². The molecule has 0 saturated carbocycles. The fourth-order valence-corrected chi connectivity index (χ4v) is 2.07. The highest BCUT2D eigenvalue weighted by Crippen LogP contribution is 2.21. The number of benzene rings is 1. The molecule has 0 aliphatic rings. The quantitative estimate of drug-likeness (QED) is 0.588. The Bertz CT molecular complexity index is 516. The molecule has 0 aliphatic heterocycles. The zero-order chi connectivity index (χ0) is 11.5. The maximum Gasteiger partial charge on any atom is 0.152 e. The smallest absolute Gasteiger partial charge is 0.152 e. The lowest BCUT2D eigenvalue weighted by atomic mass is 10.1. The number of aryl methyl sites for hydroxylation is 2. The molecule has 0 saturated heterocycles. The minimum Gasteiger partial charge on any atom is -0.347 e. The third-order valence-electron chi connectivity index (χ3n) is 2.73. The van der Waals surface area contributed by atoms with E-state index in [4.69, 9.17) is 11.6 Å². The molecule has 1 aromatic carbocycles. The average Bonchev–Trinajstić information content (AvgIpc) is 2.63. The van der Waals surface area contributed by atoms with E-state index in [1.807, 2.05) is 13.1 Å². The van der Waals surface area contributed by atoms with Crippen LogP contribution in [0.25, 0.3) is 10.9 Å². The van der Waals surface area contributed by atoms with Crippen LogP contribution in [0.15, 0.2) is 24.4 Å². The first-order valence-electron chi connectivity index (χ1n) is 5.37. The molecule has 16 heavy (non-hydrogen) atoms. The minimum absolute atomic E-state index is 0.641. The number of alkyl halides is 1. The normalized spacial score (nSPS) is 10.9. The Kier molecular flexibility index (Phi) is 3.30. The van der Waals surface area contributed by atoms with Gasteiger partial charge in [-0.2, -0.15) is 0 Å². The van der Waals surface area contributed by atoms with Crippen LogP contribution < -0.4 is 0 Å². The first kappa shape index (κ1) is 11.2. The lowest BCUT2D eigenvalue weighted by Crippen LogP contribution is -1.96. The van der Waals surface area contributed by atoms with Gasteiger partial charge in [0.25, 0.3) is 0 Å². The van der Waals surface area contributed by atoms with Gasteiger partial charge < -0.3 is 4.57 Å². The van der Waals surface area contributed by atoms with Crippen molar-refractivity contribution in [1.29, 1.82) is 0 Å². The van der Waals surface area contributed by atoms with Gasteiger partial charge in [0.2, 0.25) is 0 Å². The molecule has 0 radical (unpaired) electrons. The molecule has 2 rings (SSSR count). The van der Waals surface area contributed by atoms with Crippen molar-refractivity contribution in [2.75, 3.05) is 5.88 Å². The molecule has 1 heterocycles. The van der Waals surface area contributed by atoms with E-state index in [0.29, 0.717) is 5.88 Å². The first-order valence-corrected chi connectivity index (χ1v) is 5.90. The minimum atomic E-state index is 0.641. The molecule has 2 aromatic rings. The van der Waals surface area contributed by atoms with Gasteiger partial charge in [-0.3, -0.25) is 4.79 Å². The number of aromatic nitrogens is 1. The fraction of sp³-hybridized carbons (Fsp3) is 0.308. The topological polar surface area (TPSA) is 22.0 Å². The van der Waals surface area contributed by atoms with Crippen LogP contribution >= 0.6 is 11.6 Å². The average molecular weight is 236 g/mol. The number of rotatable bonds is 4. The van der Waals surface area contributed by atoms with Gasteiger partial charge in [-0.15, -0.1) is 11.6 Å². The Labute approximate surface area is 99.8 Å². The number of carbonyl (C=O) groups excluding carboxylic acids is 1. The lowest BCUT2D eigenvalue weighted by molar-refractivity contribution is 0.112. The van der Waals surface area contributed by atoms with Gasteiger partial charge in [-0.25, -0.2) is 0 Å². The van der Waals surface area contributed by atoms with Crippen LogP contribution in [0.4, 0.5) is 0 Å². The number of fused-ring (bicyclic) bond motifs is 1. The van der Waals surface area contributed by atoms with Crippen molar-refractivity contribution >= 4 is 28.8 Å². The molecule has 0 atom stereocenters. The number of carbonyl (C=O) groups is 1. The molecule has 1 aromatic heterocycles. The monoisotopic (exact) mass is 235 g/mol. The SMILES string of the molecule is Cc1ccc2c(c1)c(C=O)cn2CCCCl. The van der Waals surface area contributed by atoms with Crippen LogP contribution in [0.2, 0.25) is 0 Å². The van der Waals surface area contributed by atoms with E-state index in [1.54, 1.807) is 0 Å². The van der Waals surface area contributed by atoms with Crippen LogP contribution in [0, 0.1) is 6.92 Å². The van der Waals surface area contributed by atoms with Crippen LogP contribution in [-0.4, -0.2) is 16.7 Å². The van der Waals surface area contributed by atoms with Crippen molar-refractivity contribution in [3.63, 3.8) is 0 Å². The van der Waals surface area contributed by atoms with E-state index in [2.05, 4.69) is 22.8 Å². The van der Waals surface area contributed by atoms with Gasteiger partial charge in [-0.05, 0) is 25.5 Å². The van der Waals surface area contributed by atoms with Crippen molar-refractivity contribution in [2.24, 2.45) is 0 Å². The molecule has 0 N–H and O–H groups in total. The molecule has 2 nitrogen and oxygen atoms in total. The van der Waals surface area contributed by atoms with Crippen molar-refractivity contribution in [1.82, 2.24) is 4.57 Å². The van der Waals surface area contributed by atoms with E-state index >= 15 is 0 Å². The standard InChI is InChI=1S/C13H14ClNO/c1-10-3-4-13-12(7-10)11(9-16)8-15(13)6-2-5-14/h3-4,7-9H,2,5-6H2,1H3. The summed E-state index contributed by atoms with van der Waals surface area (Å²) in [5.74, 6) is 0.641. The van der Waals surface area contributed by atoms with E-state index in [1.165, 1.54) is 5.56 Å². The van der Waals surface area contributed by atoms with Crippen molar-refractivity contribution < 1.29 is 4.79 Å². The second-order valence-corrected chi connectivity index (χ2v) is 4.34. The van der Waals surface area contributed by atoms with E-state index in [0.717, 1.165) is 35.7 Å². The van der Waals surface area contributed by atoms with Crippen LogP contribution in [-0.2, 0) is 6.54 Å². The number of halogens is 1. The zero-order valence-corrected chi connectivity index (χ0v) is 10.00. The van der Waals surface area contributed by atoms with Gasteiger partial charge in [0, 0.05) is 35.1 Å². The molecule has 3 heteroatoms. The highest BCUT2D eigenvalue weighted by molar-refractivity contribution is 6.17. The highest BCUT2D eigenvalue weighted by atomic mass is 35.5. The third-order valence-corrected chi connectivity index (χ3v) is 2.99. The molecule has 0 aliphatic carbocycles. The molecule has 84 valence electrons. The van der Waals surface area contributed by atoms with Crippen LogP contribution in [0.5, 0.6) is 0 Å². The maximum absolute atomic E-state index is 11.0. The van der Waals surface area contributed by atoms with Crippen molar-refractivity contribution in [2.45, 2.75) is 19.9 Å². The Hall–Kier alpha value is -1.28. The molecule has 0 fully saturated rings. The van der Waals surface area contributed by atoms with Crippen LogP contribution in [0.1, 0.15) is 22.3 Å². The van der Waals surface area contributed by atoms with Gasteiger partial charge in [0.05, 0.1) is 0 Å². The van der Waals surface area contributed by atoms with Crippen molar-refractivity contribution in [3.05, 3.63) is 35.5 Å². The number of nitrogens with zero attached hydrogens (tertiary/aromatic N) is 1. The summed E-state index contributed by atoms with van der Waals surface area (Å²) < 4.78 is 2.10. The van der Waals surface area contributed by atoms with Gasteiger partial charge in [-0.1, -0.05) is 11.6 Å². The summed E-state index contributed by atoms with van der Waals surface area (Å²) in [4.78, 5) is 11.0.